The first kappa shape index (κ1) is 22.6. The molecule has 0 bridgehead atoms. The number of carbonyl (C=O) groups excluding carboxylic acids is 1. The van der Waals surface area contributed by atoms with E-state index in [9.17, 15) is 9.00 Å². The van der Waals surface area contributed by atoms with Gasteiger partial charge in [0.1, 0.15) is 11.0 Å². The molecule has 0 saturated heterocycles. The molecule has 1 unspecified atom stereocenters. The largest absolute Gasteiger partial charge is 0.481 e. The summed E-state index contributed by atoms with van der Waals surface area (Å²) in [5, 5.41) is 2.85. The molecule has 0 saturated carbocycles. The lowest BCUT2D eigenvalue weighted by Gasteiger charge is -2.12. The summed E-state index contributed by atoms with van der Waals surface area (Å²) in [6, 6.07) is 10.6. The third-order valence-electron chi connectivity index (χ3n) is 3.54. The summed E-state index contributed by atoms with van der Waals surface area (Å²) in [4.78, 5) is 16.6. The standard InChI is InChI=1S/C18H23N3O3S.C2H6/c1-3-4-11-25(23)21-16-8-6-5-7-15(16)18(22)20-13-14-9-10-17(24-2)19-12-14;1-2/h5-10,12,21H,3-4,11,13H2,1-2H3,(H,20,22);1-2H3. The number of benzene rings is 1. The van der Waals surface area contributed by atoms with Gasteiger partial charge >= 0.3 is 0 Å². The molecule has 148 valence electrons. The highest BCUT2D eigenvalue weighted by atomic mass is 32.2. The van der Waals surface area contributed by atoms with Gasteiger partial charge in [0.15, 0.2) is 0 Å². The Balaban J connectivity index is 0.00000176. The predicted molar refractivity (Wildman–Crippen MR) is 111 cm³/mol. The Labute approximate surface area is 164 Å². The number of para-hydroxylation sites is 1. The molecule has 0 aliphatic rings. The van der Waals surface area contributed by atoms with Crippen LogP contribution in [0.2, 0.25) is 0 Å². The van der Waals surface area contributed by atoms with Crippen molar-refractivity contribution in [3.63, 3.8) is 0 Å². The average Bonchev–Trinajstić information content (AvgIpc) is 2.72. The fourth-order valence-corrected chi connectivity index (χ4v) is 3.21. The van der Waals surface area contributed by atoms with Gasteiger partial charge in [-0.15, -0.1) is 0 Å². The van der Waals surface area contributed by atoms with Crippen LogP contribution < -0.4 is 14.8 Å². The van der Waals surface area contributed by atoms with Crippen LogP contribution in [0.15, 0.2) is 42.6 Å². The normalized spacial score (nSPS) is 11.0. The summed E-state index contributed by atoms with van der Waals surface area (Å²) >= 11 is 0. The average molecular weight is 392 g/mol. The van der Waals surface area contributed by atoms with Crippen molar-refractivity contribution < 1.29 is 13.7 Å². The minimum atomic E-state index is -1.20. The number of carbonyl (C=O) groups is 1. The van der Waals surface area contributed by atoms with E-state index in [1.54, 1.807) is 37.6 Å². The Hall–Kier alpha value is -2.41. The molecule has 1 amide bonds. The second kappa shape index (κ2) is 12.9. The van der Waals surface area contributed by atoms with Gasteiger partial charge in [-0.1, -0.05) is 45.4 Å². The number of methoxy groups -OCH3 is 1. The molecule has 2 N–H and O–H groups in total. The monoisotopic (exact) mass is 391 g/mol. The van der Waals surface area contributed by atoms with E-state index in [0.717, 1.165) is 18.4 Å². The summed E-state index contributed by atoms with van der Waals surface area (Å²) in [6.07, 6.45) is 3.51. The quantitative estimate of drug-likeness (QED) is 0.679. The SMILES string of the molecule is CC.CCCCS(=O)Nc1ccccc1C(=O)NCc1ccc(OC)nc1. The molecule has 1 heterocycles. The number of aromatic nitrogens is 1. The molecule has 0 radical (unpaired) electrons. The molecule has 0 fully saturated rings. The molecule has 0 spiro atoms. The van der Waals surface area contributed by atoms with Crippen LogP contribution in [-0.2, 0) is 17.5 Å². The Bertz CT molecular complexity index is 721. The van der Waals surface area contributed by atoms with Crippen molar-refractivity contribution >= 4 is 22.6 Å². The Morgan fingerprint density at radius 3 is 2.56 bits per heavy atom. The van der Waals surface area contributed by atoms with Crippen LogP contribution >= 0.6 is 0 Å². The van der Waals surface area contributed by atoms with Gasteiger partial charge < -0.3 is 14.8 Å². The number of rotatable bonds is 9. The van der Waals surface area contributed by atoms with E-state index in [1.807, 2.05) is 32.9 Å². The zero-order valence-corrected chi connectivity index (χ0v) is 17.3. The van der Waals surface area contributed by atoms with Crippen LogP contribution in [0, 0.1) is 0 Å². The number of anilines is 1. The molecule has 2 aromatic rings. The van der Waals surface area contributed by atoms with E-state index >= 15 is 0 Å². The lowest BCUT2D eigenvalue weighted by Crippen LogP contribution is -2.24. The van der Waals surface area contributed by atoms with Gasteiger partial charge in [0, 0.05) is 24.6 Å². The van der Waals surface area contributed by atoms with Crippen molar-refractivity contribution in [2.45, 2.75) is 40.2 Å². The number of hydrogen-bond acceptors (Lipinski definition) is 4. The summed E-state index contributed by atoms with van der Waals surface area (Å²) < 4.78 is 20.0. The van der Waals surface area contributed by atoms with Crippen molar-refractivity contribution in [1.29, 1.82) is 0 Å². The zero-order valence-electron chi connectivity index (χ0n) is 16.5. The topological polar surface area (TPSA) is 80.3 Å². The first-order valence-electron chi connectivity index (χ1n) is 9.15. The van der Waals surface area contributed by atoms with Crippen LogP contribution in [0.1, 0.15) is 49.5 Å². The Kier molecular flexibility index (Phi) is 10.8. The number of pyridine rings is 1. The minimum absolute atomic E-state index is 0.230. The molecule has 0 aliphatic heterocycles. The van der Waals surface area contributed by atoms with Gasteiger partial charge in [0.05, 0.1) is 18.4 Å². The number of nitrogens with one attached hydrogen (secondary N) is 2. The molecule has 7 heteroatoms. The molecule has 1 aromatic heterocycles. The second-order valence-electron chi connectivity index (χ2n) is 5.44. The van der Waals surface area contributed by atoms with E-state index < -0.39 is 11.0 Å². The van der Waals surface area contributed by atoms with Gasteiger partial charge in [-0.2, -0.15) is 0 Å². The molecule has 1 atom stereocenters. The summed E-state index contributed by atoms with van der Waals surface area (Å²) in [5.74, 6) is 0.856. The third kappa shape index (κ3) is 7.78. The first-order chi connectivity index (χ1) is 13.1. The summed E-state index contributed by atoms with van der Waals surface area (Å²) in [6.45, 7) is 6.40. The maximum Gasteiger partial charge on any atom is 0.253 e. The van der Waals surface area contributed by atoms with Crippen LogP contribution in [0.5, 0.6) is 5.88 Å². The van der Waals surface area contributed by atoms with Crippen LogP contribution in [0.3, 0.4) is 0 Å². The molecule has 6 nitrogen and oxygen atoms in total. The van der Waals surface area contributed by atoms with E-state index in [4.69, 9.17) is 4.74 Å². The van der Waals surface area contributed by atoms with Gasteiger partial charge in [0.2, 0.25) is 5.88 Å². The van der Waals surface area contributed by atoms with E-state index in [0.29, 0.717) is 29.4 Å². The van der Waals surface area contributed by atoms with Crippen LogP contribution in [0.4, 0.5) is 5.69 Å². The maximum atomic E-state index is 12.5. The van der Waals surface area contributed by atoms with Crippen molar-refractivity contribution in [1.82, 2.24) is 10.3 Å². The molecular formula is C20H29N3O3S. The lowest BCUT2D eigenvalue weighted by atomic mass is 10.1. The fraction of sp³-hybridized carbons (Fsp3) is 0.400. The molecule has 0 aliphatic carbocycles. The number of nitrogens with zero attached hydrogens (tertiary/aromatic N) is 1. The minimum Gasteiger partial charge on any atom is -0.481 e. The lowest BCUT2D eigenvalue weighted by molar-refractivity contribution is 0.0952. The molecule has 27 heavy (non-hydrogen) atoms. The second-order valence-corrected chi connectivity index (χ2v) is 6.75. The number of amides is 1. The van der Waals surface area contributed by atoms with Crippen molar-refractivity contribution in [3.8, 4) is 5.88 Å². The van der Waals surface area contributed by atoms with Gasteiger partial charge in [-0.3, -0.25) is 4.79 Å². The first-order valence-corrected chi connectivity index (χ1v) is 10.5. The van der Waals surface area contributed by atoms with Gasteiger partial charge in [-0.25, -0.2) is 9.19 Å². The van der Waals surface area contributed by atoms with Gasteiger partial charge in [0.25, 0.3) is 5.91 Å². The molecule has 2 rings (SSSR count). The Morgan fingerprint density at radius 1 is 1.19 bits per heavy atom. The van der Waals surface area contributed by atoms with E-state index in [-0.39, 0.29) is 5.91 Å². The van der Waals surface area contributed by atoms with Crippen molar-refractivity contribution in [2.75, 3.05) is 17.6 Å². The predicted octanol–water partition coefficient (Wildman–Crippen LogP) is 3.92. The highest BCUT2D eigenvalue weighted by Gasteiger charge is 2.12. The number of unbranched alkanes of at least 4 members (excludes halogenated alkanes) is 1. The fourth-order valence-electron chi connectivity index (χ4n) is 2.13. The van der Waals surface area contributed by atoms with Crippen LogP contribution in [0.25, 0.3) is 0 Å². The highest BCUT2D eigenvalue weighted by Crippen LogP contribution is 2.16. The zero-order chi connectivity index (χ0) is 20.1. The third-order valence-corrected chi connectivity index (χ3v) is 4.65. The van der Waals surface area contributed by atoms with Crippen LogP contribution in [-0.4, -0.2) is 28.0 Å². The van der Waals surface area contributed by atoms with E-state index in [1.165, 1.54) is 0 Å². The number of ether oxygens (including phenoxy) is 1. The number of hydrogen-bond donors (Lipinski definition) is 2. The van der Waals surface area contributed by atoms with E-state index in [2.05, 4.69) is 15.0 Å². The van der Waals surface area contributed by atoms with Gasteiger partial charge in [-0.05, 0) is 24.1 Å². The maximum absolute atomic E-state index is 12.5. The van der Waals surface area contributed by atoms with Crippen molar-refractivity contribution in [3.05, 3.63) is 53.7 Å². The molecular weight excluding hydrogens is 362 g/mol. The molecule has 1 aromatic carbocycles. The smallest absolute Gasteiger partial charge is 0.253 e. The summed E-state index contributed by atoms with van der Waals surface area (Å²) in [5.41, 5.74) is 1.90. The Morgan fingerprint density at radius 2 is 1.93 bits per heavy atom. The summed E-state index contributed by atoms with van der Waals surface area (Å²) in [7, 11) is 0.358. The highest BCUT2D eigenvalue weighted by molar-refractivity contribution is 7.86. The van der Waals surface area contributed by atoms with Crippen molar-refractivity contribution in [2.24, 2.45) is 0 Å².